The molecule has 0 radical (unpaired) electrons. The third-order valence-electron chi connectivity index (χ3n) is 2.41. The summed E-state index contributed by atoms with van der Waals surface area (Å²) in [6, 6.07) is 7.24. The first-order valence-corrected chi connectivity index (χ1v) is 6.62. The van der Waals surface area contributed by atoms with Crippen molar-refractivity contribution < 1.29 is 0 Å². The first kappa shape index (κ1) is 12.6. The fourth-order valence-electron chi connectivity index (χ4n) is 1.54. The van der Waals surface area contributed by atoms with Gasteiger partial charge in [-0.1, -0.05) is 23.9 Å². The van der Waals surface area contributed by atoms with E-state index in [1.54, 1.807) is 6.07 Å². The summed E-state index contributed by atoms with van der Waals surface area (Å²) in [5, 5.41) is 5.59. The van der Waals surface area contributed by atoms with Gasteiger partial charge in [-0.3, -0.25) is 4.79 Å². The Kier molecular flexibility index (Phi) is 3.66. The van der Waals surface area contributed by atoms with Crippen LogP contribution in [0.15, 0.2) is 40.5 Å². The average molecular weight is 262 g/mol. The van der Waals surface area contributed by atoms with Crippen molar-refractivity contribution in [2.45, 2.75) is 0 Å². The maximum atomic E-state index is 12.2. The topological polar surface area (TPSA) is 50.5 Å². The summed E-state index contributed by atoms with van der Waals surface area (Å²) in [5.41, 5.74) is 0.526. The number of rotatable bonds is 1. The first-order valence-electron chi connectivity index (χ1n) is 5.40. The van der Waals surface area contributed by atoms with Gasteiger partial charge in [0.2, 0.25) is 0 Å². The van der Waals surface area contributed by atoms with Crippen LogP contribution in [0, 0.1) is 0 Å². The number of aromatic nitrogens is 2. The van der Waals surface area contributed by atoms with Crippen LogP contribution >= 0.6 is 11.8 Å². The van der Waals surface area contributed by atoms with Crippen molar-refractivity contribution in [2.75, 3.05) is 20.4 Å². The lowest BCUT2D eigenvalue weighted by Gasteiger charge is -2.12. The van der Waals surface area contributed by atoms with Crippen molar-refractivity contribution in [3.05, 3.63) is 40.9 Å². The molecule has 2 rings (SSSR count). The van der Waals surface area contributed by atoms with Crippen LogP contribution in [0.4, 0.5) is 0 Å². The Bertz CT molecular complexity index is 648. The van der Waals surface area contributed by atoms with Crippen LogP contribution in [-0.2, 0) is 0 Å². The van der Waals surface area contributed by atoms with Crippen molar-refractivity contribution in [1.29, 1.82) is 0 Å². The van der Waals surface area contributed by atoms with Crippen molar-refractivity contribution in [3.8, 4) is 0 Å². The molecule has 0 unspecified atom stereocenters. The predicted molar refractivity (Wildman–Crippen MR) is 76.0 cm³/mol. The van der Waals surface area contributed by atoms with Gasteiger partial charge in [-0.2, -0.15) is 4.68 Å². The minimum absolute atomic E-state index is 0.158. The van der Waals surface area contributed by atoms with Crippen LogP contribution in [0.5, 0.6) is 0 Å². The normalized spacial score (nSPS) is 11.8. The SMILES string of the molecule is CS/C(=N\n1cnc2ccccc2c1=O)N(C)C. The summed E-state index contributed by atoms with van der Waals surface area (Å²) in [6.07, 6.45) is 3.36. The first-order chi connectivity index (χ1) is 8.63. The molecule has 0 aliphatic carbocycles. The molecule has 18 heavy (non-hydrogen) atoms. The van der Waals surface area contributed by atoms with Gasteiger partial charge in [0.15, 0.2) is 5.17 Å². The molecule has 1 aromatic carbocycles. The fourth-order valence-corrected chi connectivity index (χ4v) is 2.07. The molecule has 94 valence electrons. The molecule has 0 spiro atoms. The molecule has 5 nitrogen and oxygen atoms in total. The second kappa shape index (κ2) is 5.22. The maximum Gasteiger partial charge on any atom is 0.281 e. The van der Waals surface area contributed by atoms with Crippen LogP contribution in [0.3, 0.4) is 0 Å². The zero-order valence-corrected chi connectivity index (χ0v) is 11.3. The molecule has 0 aliphatic heterocycles. The van der Waals surface area contributed by atoms with E-state index in [1.807, 2.05) is 43.5 Å². The fraction of sp³-hybridized carbons (Fsp3) is 0.250. The van der Waals surface area contributed by atoms with Crippen molar-refractivity contribution in [3.63, 3.8) is 0 Å². The third kappa shape index (κ3) is 2.38. The molecule has 0 saturated heterocycles. The molecule has 6 heteroatoms. The summed E-state index contributed by atoms with van der Waals surface area (Å²) in [4.78, 5) is 18.3. The van der Waals surface area contributed by atoms with Crippen LogP contribution in [-0.4, -0.2) is 40.1 Å². The number of hydrogen-bond acceptors (Lipinski definition) is 4. The Hall–Kier alpha value is -1.82. The van der Waals surface area contributed by atoms with Gasteiger partial charge in [0.1, 0.15) is 6.33 Å². The lowest BCUT2D eigenvalue weighted by Crippen LogP contribution is -2.24. The third-order valence-corrected chi connectivity index (χ3v) is 3.22. The van der Waals surface area contributed by atoms with E-state index in [9.17, 15) is 4.79 Å². The molecule has 1 aromatic heterocycles. The summed E-state index contributed by atoms with van der Waals surface area (Å²) in [7, 11) is 3.77. The number of benzene rings is 1. The highest BCUT2D eigenvalue weighted by molar-refractivity contribution is 8.13. The Morgan fingerprint density at radius 2 is 2.11 bits per heavy atom. The zero-order chi connectivity index (χ0) is 13.1. The second-order valence-electron chi connectivity index (χ2n) is 3.89. The molecule has 0 amide bonds. The highest BCUT2D eigenvalue weighted by Gasteiger charge is 2.05. The van der Waals surface area contributed by atoms with Gasteiger partial charge in [-0.25, -0.2) is 4.98 Å². The van der Waals surface area contributed by atoms with Gasteiger partial charge in [0, 0.05) is 14.1 Å². The number of amidine groups is 1. The summed E-state index contributed by atoms with van der Waals surface area (Å²) >= 11 is 1.48. The molecule has 0 atom stereocenters. The molecule has 2 aromatic rings. The average Bonchev–Trinajstić information content (AvgIpc) is 2.38. The van der Waals surface area contributed by atoms with Gasteiger partial charge in [0.25, 0.3) is 5.56 Å². The Balaban J connectivity index is 2.60. The number of nitrogens with zero attached hydrogens (tertiary/aromatic N) is 4. The number of thioether (sulfide) groups is 1. The molecule has 0 bridgehead atoms. The van der Waals surface area contributed by atoms with Crippen molar-refractivity contribution in [1.82, 2.24) is 14.6 Å². The molecular formula is C12H14N4OS. The van der Waals surface area contributed by atoms with Crippen LogP contribution in [0.1, 0.15) is 0 Å². The van der Waals surface area contributed by atoms with Crippen molar-refractivity contribution >= 4 is 27.8 Å². The quantitative estimate of drug-likeness (QED) is 0.576. The minimum Gasteiger partial charge on any atom is -0.356 e. The number of para-hydroxylation sites is 1. The highest BCUT2D eigenvalue weighted by Crippen LogP contribution is 2.06. The van der Waals surface area contributed by atoms with Gasteiger partial charge in [-0.15, -0.1) is 5.10 Å². The van der Waals surface area contributed by atoms with Crippen LogP contribution in [0.2, 0.25) is 0 Å². The Morgan fingerprint density at radius 3 is 2.78 bits per heavy atom. The molecule has 1 heterocycles. The summed E-state index contributed by atoms with van der Waals surface area (Å²) in [6.45, 7) is 0. The Labute approximate surface area is 109 Å². The molecule has 0 aliphatic rings. The second-order valence-corrected chi connectivity index (χ2v) is 4.67. The molecule has 0 N–H and O–H groups in total. The lowest BCUT2D eigenvalue weighted by atomic mass is 10.2. The van der Waals surface area contributed by atoms with E-state index in [4.69, 9.17) is 0 Å². The number of fused-ring (bicyclic) bond motifs is 1. The van der Waals surface area contributed by atoms with Crippen LogP contribution < -0.4 is 5.56 Å². The summed E-state index contributed by atoms with van der Waals surface area (Å²) in [5.74, 6) is 0. The molecule has 0 saturated carbocycles. The lowest BCUT2D eigenvalue weighted by molar-refractivity contribution is 0.622. The van der Waals surface area contributed by atoms with Crippen LogP contribution in [0.25, 0.3) is 10.9 Å². The predicted octanol–water partition coefficient (Wildman–Crippen LogP) is 1.44. The summed E-state index contributed by atoms with van der Waals surface area (Å²) < 4.78 is 1.27. The van der Waals surface area contributed by atoms with Gasteiger partial charge in [-0.05, 0) is 18.4 Å². The zero-order valence-electron chi connectivity index (χ0n) is 10.5. The smallest absolute Gasteiger partial charge is 0.281 e. The van der Waals surface area contributed by atoms with E-state index in [2.05, 4.69) is 10.1 Å². The van der Waals surface area contributed by atoms with E-state index in [0.717, 1.165) is 5.17 Å². The van der Waals surface area contributed by atoms with E-state index in [-0.39, 0.29) is 5.56 Å². The van der Waals surface area contributed by atoms with E-state index in [1.165, 1.54) is 22.8 Å². The molecule has 0 fully saturated rings. The highest BCUT2D eigenvalue weighted by atomic mass is 32.2. The van der Waals surface area contributed by atoms with E-state index in [0.29, 0.717) is 10.9 Å². The number of hydrogen-bond donors (Lipinski definition) is 0. The van der Waals surface area contributed by atoms with Gasteiger partial charge < -0.3 is 4.90 Å². The van der Waals surface area contributed by atoms with Crippen molar-refractivity contribution in [2.24, 2.45) is 5.10 Å². The van der Waals surface area contributed by atoms with E-state index >= 15 is 0 Å². The minimum atomic E-state index is -0.158. The monoisotopic (exact) mass is 262 g/mol. The largest absolute Gasteiger partial charge is 0.356 e. The standard InChI is InChI=1S/C12H14N4OS/c1-15(2)12(18-3)14-16-8-13-10-7-5-4-6-9(10)11(16)17/h4-8H,1-3H3/b14-12-. The van der Waals surface area contributed by atoms with Gasteiger partial charge >= 0.3 is 0 Å². The Morgan fingerprint density at radius 1 is 1.39 bits per heavy atom. The van der Waals surface area contributed by atoms with Gasteiger partial charge in [0.05, 0.1) is 10.9 Å². The maximum absolute atomic E-state index is 12.2. The van der Waals surface area contributed by atoms with E-state index < -0.39 is 0 Å². The molecular weight excluding hydrogens is 248 g/mol.